The standard InChI is InChI=1S/C17H28O3/c1-4-6-11-17(5-2,14-18)12-13-20-16-9-7-15(19-3)8-10-16/h7-10,18H,4-6,11-14H2,1-3H3. The average Bonchev–Trinajstić information content (AvgIpc) is 2.51. The lowest BCUT2D eigenvalue weighted by atomic mass is 9.78. The fourth-order valence-corrected chi connectivity index (χ4v) is 2.36. The van der Waals surface area contributed by atoms with Crippen molar-refractivity contribution in [2.45, 2.75) is 46.0 Å². The van der Waals surface area contributed by atoms with Crippen LogP contribution in [0.25, 0.3) is 0 Å². The third-order valence-electron chi connectivity index (χ3n) is 4.11. The van der Waals surface area contributed by atoms with E-state index in [1.54, 1.807) is 7.11 Å². The van der Waals surface area contributed by atoms with Crippen LogP contribution in [0.4, 0.5) is 0 Å². The Morgan fingerprint density at radius 2 is 1.70 bits per heavy atom. The van der Waals surface area contributed by atoms with E-state index >= 15 is 0 Å². The molecule has 3 heteroatoms. The van der Waals surface area contributed by atoms with Crippen LogP contribution >= 0.6 is 0 Å². The molecule has 0 fully saturated rings. The number of methoxy groups -OCH3 is 1. The normalized spacial score (nSPS) is 13.8. The highest BCUT2D eigenvalue weighted by Crippen LogP contribution is 2.32. The van der Waals surface area contributed by atoms with Crippen molar-refractivity contribution in [3.8, 4) is 11.5 Å². The van der Waals surface area contributed by atoms with Gasteiger partial charge in [-0.05, 0) is 48.9 Å². The fourth-order valence-electron chi connectivity index (χ4n) is 2.36. The number of aliphatic hydroxyl groups excluding tert-OH is 1. The van der Waals surface area contributed by atoms with Crippen LogP contribution in [0.15, 0.2) is 24.3 Å². The molecule has 0 aliphatic rings. The largest absolute Gasteiger partial charge is 0.497 e. The smallest absolute Gasteiger partial charge is 0.119 e. The van der Waals surface area contributed by atoms with Crippen molar-refractivity contribution in [1.29, 1.82) is 0 Å². The molecule has 1 aromatic rings. The van der Waals surface area contributed by atoms with Gasteiger partial charge in [0, 0.05) is 6.61 Å². The molecule has 114 valence electrons. The van der Waals surface area contributed by atoms with E-state index in [1.807, 2.05) is 24.3 Å². The summed E-state index contributed by atoms with van der Waals surface area (Å²) in [6.07, 6.45) is 5.29. The second-order valence-electron chi connectivity index (χ2n) is 5.39. The van der Waals surface area contributed by atoms with E-state index in [-0.39, 0.29) is 12.0 Å². The molecule has 1 aromatic carbocycles. The number of unbranched alkanes of at least 4 members (excludes halogenated alkanes) is 1. The van der Waals surface area contributed by atoms with E-state index in [2.05, 4.69) is 13.8 Å². The first-order chi connectivity index (χ1) is 9.69. The summed E-state index contributed by atoms with van der Waals surface area (Å²) in [5, 5.41) is 9.70. The van der Waals surface area contributed by atoms with Gasteiger partial charge in [0.2, 0.25) is 0 Å². The van der Waals surface area contributed by atoms with E-state index in [0.717, 1.165) is 37.2 Å². The first-order valence-electron chi connectivity index (χ1n) is 7.57. The maximum absolute atomic E-state index is 9.70. The third kappa shape index (κ3) is 5.04. The molecule has 0 heterocycles. The van der Waals surface area contributed by atoms with Gasteiger partial charge in [0.05, 0.1) is 13.7 Å². The zero-order chi connectivity index (χ0) is 14.8. The van der Waals surface area contributed by atoms with Crippen LogP contribution in [0, 0.1) is 5.41 Å². The van der Waals surface area contributed by atoms with Gasteiger partial charge < -0.3 is 14.6 Å². The molecular formula is C17H28O3. The zero-order valence-electron chi connectivity index (χ0n) is 13.0. The van der Waals surface area contributed by atoms with Gasteiger partial charge >= 0.3 is 0 Å². The van der Waals surface area contributed by atoms with Crippen LogP contribution in [0.1, 0.15) is 46.0 Å². The van der Waals surface area contributed by atoms with E-state index in [1.165, 1.54) is 6.42 Å². The highest BCUT2D eigenvalue weighted by Gasteiger charge is 2.26. The van der Waals surface area contributed by atoms with Crippen LogP contribution in [0.2, 0.25) is 0 Å². The van der Waals surface area contributed by atoms with Crippen molar-refractivity contribution in [2.24, 2.45) is 5.41 Å². The molecule has 0 saturated heterocycles. The van der Waals surface area contributed by atoms with Crippen LogP contribution in [0.5, 0.6) is 11.5 Å². The maximum atomic E-state index is 9.70. The second kappa shape index (κ2) is 8.85. The van der Waals surface area contributed by atoms with Crippen LogP contribution in [-0.2, 0) is 0 Å². The summed E-state index contributed by atoms with van der Waals surface area (Å²) in [5.74, 6) is 1.68. The Bertz CT molecular complexity index is 355. The first-order valence-corrected chi connectivity index (χ1v) is 7.57. The van der Waals surface area contributed by atoms with Gasteiger partial charge in [-0.3, -0.25) is 0 Å². The molecule has 0 amide bonds. The number of hydrogen-bond acceptors (Lipinski definition) is 3. The van der Waals surface area contributed by atoms with Crippen molar-refractivity contribution in [3.63, 3.8) is 0 Å². The molecule has 20 heavy (non-hydrogen) atoms. The quantitative estimate of drug-likeness (QED) is 0.703. The first kappa shape index (κ1) is 16.8. The van der Waals surface area contributed by atoms with Gasteiger partial charge in [0.15, 0.2) is 0 Å². The summed E-state index contributed by atoms with van der Waals surface area (Å²) in [6.45, 7) is 5.23. The number of ether oxygens (including phenoxy) is 2. The summed E-state index contributed by atoms with van der Waals surface area (Å²) in [7, 11) is 1.65. The van der Waals surface area contributed by atoms with E-state index < -0.39 is 0 Å². The summed E-state index contributed by atoms with van der Waals surface area (Å²) < 4.78 is 10.9. The Balaban J connectivity index is 2.46. The van der Waals surface area contributed by atoms with Crippen molar-refractivity contribution < 1.29 is 14.6 Å². The number of aliphatic hydroxyl groups is 1. The predicted molar refractivity (Wildman–Crippen MR) is 82.4 cm³/mol. The van der Waals surface area contributed by atoms with E-state index in [0.29, 0.717) is 6.61 Å². The van der Waals surface area contributed by atoms with E-state index in [9.17, 15) is 5.11 Å². The summed E-state index contributed by atoms with van der Waals surface area (Å²) in [4.78, 5) is 0. The minimum Gasteiger partial charge on any atom is -0.497 e. The van der Waals surface area contributed by atoms with Gasteiger partial charge in [0.1, 0.15) is 11.5 Å². The molecule has 0 spiro atoms. The van der Waals surface area contributed by atoms with Crippen LogP contribution in [-0.4, -0.2) is 25.4 Å². The lowest BCUT2D eigenvalue weighted by Gasteiger charge is -2.30. The molecule has 0 aliphatic heterocycles. The molecule has 0 aromatic heterocycles. The molecule has 1 atom stereocenters. The van der Waals surface area contributed by atoms with E-state index in [4.69, 9.17) is 9.47 Å². The van der Waals surface area contributed by atoms with Crippen molar-refractivity contribution >= 4 is 0 Å². The molecule has 1 rings (SSSR count). The molecule has 3 nitrogen and oxygen atoms in total. The molecular weight excluding hydrogens is 252 g/mol. The highest BCUT2D eigenvalue weighted by atomic mass is 16.5. The second-order valence-corrected chi connectivity index (χ2v) is 5.39. The van der Waals surface area contributed by atoms with Crippen molar-refractivity contribution in [2.75, 3.05) is 20.3 Å². The molecule has 0 saturated carbocycles. The lowest BCUT2D eigenvalue weighted by molar-refractivity contribution is 0.0801. The Labute approximate surface area is 122 Å². The Hall–Kier alpha value is -1.22. The molecule has 0 bridgehead atoms. The van der Waals surface area contributed by atoms with Gasteiger partial charge in [-0.15, -0.1) is 0 Å². The lowest BCUT2D eigenvalue weighted by Crippen LogP contribution is -2.27. The Morgan fingerprint density at radius 3 is 2.20 bits per heavy atom. The van der Waals surface area contributed by atoms with Crippen molar-refractivity contribution in [1.82, 2.24) is 0 Å². The average molecular weight is 280 g/mol. The van der Waals surface area contributed by atoms with Crippen molar-refractivity contribution in [3.05, 3.63) is 24.3 Å². The number of benzene rings is 1. The molecule has 0 radical (unpaired) electrons. The molecule has 0 aliphatic carbocycles. The molecule has 1 unspecified atom stereocenters. The predicted octanol–water partition coefficient (Wildman–Crippen LogP) is 4.04. The van der Waals surface area contributed by atoms with Crippen LogP contribution in [0.3, 0.4) is 0 Å². The van der Waals surface area contributed by atoms with Gasteiger partial charge in [-0.25, -0.2) is 0 Å². The summed E-state index contributed by atoms with van der Waals surface area (Å²) in [5.41, 5.74) is 0.0163. The fraction of sp³-hybridized carbons (Fsp3) is 0.647. The number of hydrogen-bond donors (Lipinski definition) is 1. The monoisotopic (exact) mass is 280 g/mol. The summed E-state index contributed by atoms with van der Waals surface area (Å²) in [6, 6.07) is 7.62. The van der Waals surface area contributed by atoms with Gasteiger partial charge in [-0.1, -0.05) is 26.7 Å². The topological polar surface area (TPSA) is 38.7 Å². The highest BCUT2D eigenvalue weighted by molar-refractivity contribution is 5.31. The van der Waals surface area contributed by atoms with Gasteiger partial charge in [-0.2, -0.15) is 0 Å². The molecule has 1 N–H and O–H groups in total. The summed E-state index contributed by atoms with van der Waals surface area (Å²) >= 11 is 0. The SMILES string of the molecule is CCCCC(CC)(CO)CCOc1ccc(OC)cc1. The van der Waals surface area contributed by atoms with Crippen LogP contribution < -0.4 is 9.47 Å². The Kier molecular flexibility index (Phi) is 7.45. The minimum absolute atomic E-state index is 0.0163. The minimum atomic E-state index is 0.0163. The van der Waals surface area contributed by atoms with Gasteiger partial charge in [0.25, 0.3) is 0 Å². The third-order valence-corrected chi connectivity index (χ3v) is 4.11. The zero-order valence-corrected chi connectivity index (χ0v) is 13.0. The Morgan fingerprint density at radius 1 is 1.05 bits per heavy atom. The maximum Gasteiger partial charge on any atom is 0.119 e. The number of rotatable bonds is 10.